The van der Waals surface area contributed by atoms with Crippen LogP contribution in [0.2, 0.25) is 0 Å². The molecule has 2 aromatic rings. The normalized spacial score (nSPS) is 15.1. The fourth-order valence-electron chi connectivity index (χ4n) is 2.94. The van der Waals surface area contributed by atoms with Crippen LogP contribution in [0.5, 0.6) is 0 Å². The van der Waals surface area contributed by atoms with E-state index in [1.807, 2.05) is 19.3 Å². The van der Waals surface area contributed by atoms with E-state index in [9.17, 15) is 13.2 Å². The number of carbonyl (C=O) groups excluding carboxylic acids is 1. The van der Waals surface area contributed by atoms with Gasteiger partial charge in [-0.1, -0.05) is 0 Å². The molecule has 1 N–H and O–H groups in total. The highest BCUT2D eigenvalue weighted by Gasteiger charge is 2.25. The molecule has 0 aromatic carbocycles. The lowest BCUT2D eigenvalue weighted by atomic mass is 9.98. The van der Waals surface area contributed by atoms with Crippen LogP contribution in [-0.2, 0) is 36.6 Å². The van der Waals surface area contributed by atoms with Gasteiger partial charge in [0.2, 0.25) is 10.0 Å². The summed E-state index contributed by atoms with van der Waals surface area (Å²) in [5.41, 5.74) is 3.51. The van der Waals surface area contributed by atoms with E-state index in [-0.39, 0.29) is 5.91 Å². The number of sulfonamides is 1. The number of rotatable bonds is 4. The number of hydrogen-bond donors (Lipinski definition) is 1. The largest absolute Gasteiger partial charge is 0.347 e. The van der Waals surface area contributed by atoms with Crippen molar-refractivity contribution in [1.29, 1.82) is 0 Å². The zero-order chi connectivity index (χ0) is 17.3. The number of aryl methyl sites for hydroxylation is 1. The summed E-state index contributed by atoms with van der Waals surface area (Å²) >= 11 is 0. The molecule has 2 aromatic heterocycles. The SMILES string of the molecule is Cn1cccc1C(=O)NCc1cncc2c1CCN(S(C)(=O)=O)C2. The molecule has 0 bridgehead atoms. The van der Waals surface area contributed by atoms with Crippen molar-refractivity contribution < 1.29 is 13.2 Å². The Bertz CT molecular complexity index is 873. The van der Waals surface area contributed by atoms with Crippen LogP contribution < -0.4 is 5.32 Å². The van der Waals surface area contributed by atoms with Crippen LogP contribution in [0.1, 0.15) is 27.2 Å². The van der Waals surface area contributed by atoms with E-state index in [0.29, 0.717) is 31.7 Å². The molecule has 0 saturated heterocycles. The Morgan fingerprint density at radius 3 is 2.83 bits per heavy atom. The third kappa shape index (κ3) is 3.34. The molecule has 0 radical (unpaired) electrons. The Hall–Kier alpha value is -2.19. The first-order valence-electron chi connectivity index (χ1n) is 7.65. The van der Waals surface area contributed by atoms with Crippen LogP contribution in [0.3, 0.4) is 0 Å². The van der Waals surface area contributed by atoms with E-state index < -0.39 is 10.0 Å². The highest BCUT2D eigenvalue weighted by atomic mass is 32.2. The van der Waals surface area contributed by atoms with E-state index in [0.717, 1.165) is 16.7 Å². The third-order valence-electron chi connectivity index (χ3n) is 4.28. The molecule has 0 unspecified atom stereocenters. The van der Waals surface area contributed by atoms with E-state index in [1.165, 1.54) is 10.6 Å². The topological polar surface area (TPSA) is 84.3 Å². The first-order valence-corrected chi connectivity index (χ1v) is 9.50. The van der Waals surface area contributed by atoms with E-state index in [2.05, 4.69) is 10.3 Å². The van der Waals surface area contributed by atoms with Gasteiger partial charge in [0.25, 0.3) is 5.91 Å². The standard InChI is InChI=1S/C16H20N4O3S/c1-19-6-3-4-15(19)16(21)18-10-12-8-17-9-13-11-20(24(2,22)23)7-5-14(12)13/h3-4,6,8-9H,5,7,10-11H2,1-2H3,(H,18,21). The average molecular weight is 348 g/mol. The molecule has 24 heavy (non-hydrogen) atoms. The highest BCUT2D eigenvalue weighted by molar-refractivity contribution is 7.88. The maximum Gasteiger partial charge on any atom is 0.268 e. The molecule has 1 amide bonds. The van der Waals surface area contributed by atoms with Crippen molar-refractivity contribution in [1.82, 2.24) is 19.2 Å². The number of nitrogens with zero attached hydrogens (tertiary/aromatic N) is 3. The summed E-state index contributed by atoms with van der Waals surface area (Å²) in [7, 11) is -1.39. The van der Waals surface area contributed by atoms with Crippen molar-refractivity contribution in [2.24, 2.45) is 7.05 Å². The number of carbonyl (C=O) groups is 1. The second-order valence-electron chi connectivity index (χ2n) is 5.97. The molecule has 0 spiro atoms. The molecule has 3 rings (SSSR count). The Labute approximate surface area is 141 Å². The predicted molar refractivity (Wildman–Crippen MR) is 89.8 cm³/mol. The van der Waals surface area contributed by atoms with Crippen LogP contribution >= 0.6 is 0 Å². The maximum absolute atomic E-state index is 12.2. The van der Waals surface area contributed by atoms with Crippen molar-refractivity contribution in [3.8, 4) is 0 Å². The minimum Gasteiger partial charge on any atom is -0.347 e. The number of amides is 1. The molecule has 3 heterocycles. The van der Waals surface area contributed by atoms with Crippen LogP contribution in [0, 0.1) is 0 Å². The molecule has 7 nitrogen and oxygen atoms in total. The Morgan fingerprint density at radius 2 is 2.17 bits per heavy atom. The molecule has 8 heteroatoms. The second-order valence-corrected chi connectivity index (χ2v) is 7.95. The maximum atomic E-state index is 12.2. The Balaban J connectivity index is 1.75. The van der Waals surface area contributed by atoms with Gasteiger partial charge in [-0.25, -0.2) is 8.42 Å². The summed E-state index contributed by atoms with van der Waals surface area (Å²) in [6.45, 7) is 1.16. The van der Waals surface area contributed by atoms with Crippen LogP contribution in [0.15, 0.2) is 30.7 Å². The number of hydrogen-bond acceptors (Lipinski definition) is 4. The van der Waals surface area contributed by atoms with Crippen LogP contribution in [-0.4, -0.2) is 41.0 Å². The summed E-state index contributed by atoms with van der Waals surface area (Å²) in [6, 6.07) is 3.58. The molecule has 0 fully saturated rings. The van der Waals surface area contributed by atoms with Gasteiger partial charge in [-0.05, 0) is 35.2 Å². The van der Waals surface area contributed by atoms with Gasteiger partial charge in [0, 0.05) is 45.3 Å². The average Bonchev–Trinajstić information content (AvgIpc) is 2.97. The zero-order valence-electron chi connectivity index (χ0n) is 13.7. The second kappa shape index (κ2) is 6.37. The van der Waals surface area contributed by atoms with Gasteiger partial charge in [0.05, 0.1) is 6.26 Å². The summed E-state index contributed by atoms with van der Waals surface area (Å²) in [5, 5.41) is 2.90. The molecule has 0 atom stereocenters. The molecule has 1 aliphatic rings. The van der Waals surface area contributed by atoms with E-state index >= 15 is 0 Å². The summed E-state index contributed by atoms with van der Waals surface area (Å²) in [5.74, 6) is -0.145. The van der Waals surface area contributed by atoms with Crippen molar-refractivity contribution in [2.45, 2.75) is 19.5 Å². The van der Waals surface area contributed by atoms with Gasteiger partial charge in [-0.2, -0.15) is 4.31 Å². The lowest BCUT2D eigenvalue weighted by Crippen LogP contribution is -2.36. The Kier molecular flexibility index (Phi) is 4.42. The lowest BCUT2D eigenvalue weighted by molar-refractivity contribution is 0.0942. The van der Waals surface area contributed by atoms with Crippen molar-refractivity contribution >= 4 is 15.9 Å². The third-order valence-corrected chi connectivity index (χ3v) is 5.53. The minimum absolute atomic E-state index is 0.145. The van der Waals surface area contributed by atoms with Crippen molar-refractivity contribution in [2.75, 3.05) is 12.8 Å². The van der Waals surface area contributed by atoms with E-state index in [1.54, 1.807) is 23.0 Å². The van der Waals surface area contributed by atoms with Crippen molar-refractivity contribution in [3.63, 3.8) is 0 Å². The van der Waals surface area contributed by atoms with Crippen LogP contribution in [0.25, 0.3) is 0 Å². The first-order chi connectivity index (χ1) is 11.4. The smallest absolute Gasteiger partial charge is 0.268 e. The zero-order valence-corrected chi connectivity index (χ0v) is 14.5. The van der Waals surface area contributed by atoms with Gasteiger partial charge in [-0.15, -0.1) is 0 Å². The summed E-state index contributed by atoms with van der Waals surface area (Å²) in [6.07, 6.45) is 7.10. The van der Waals surface area contributed by atoms with Gasteiger partial charge >= 0.3 is 0 Å². The van der Waals surface area contributed by atoms with E-state index in [4.69, 9.17) is 0 Å². The number of pyridine rings is 1. The molecule has 0 aliphatic carbocycles. The monoisotopic (exact) mass is 348 g/mol. The number of nitrogens with one attached hydrogen (secondary N) is 1. The van der Waals surface area contributed by atoms with Gasteiger partial charge < -0.3 is 9.88 Å². The molecular weight excluding hydrogens is 328 g/mol. The minimum atomic E-state index is -3.21. The molecular formula is C16H20N4O3S. The fourth-order valence-corrected chi connectivity index (χ4v) is 3.74. The van der Waals surface area contributed by atoms with Gasteiger partial charge in [0.15, 0.2) is 0 Å². The summed E-state index contributed by atoms with van der Waals surface area (Å²) in [4.78, 5) is 16.4. The summed E-state index contributed by atoms with van der Waals surface area (Å²) < 4.78 is 26.6. The van der Waals surface area contributed by atoms with Crippen molar-refractivity contribution in [3.05, 3.63) is 53.1 Å². The number of fused-ring (bicyclic) bond motifs is 1. The molecule has 1 aliphatic heterocycles. The molecule has 0 saturated carbocycles. The van der Waals surface area contributed by atoms with Gasteiger partial charge in [0.1, 0.15) is 5.69 Å². The molecule has 128 valence electrons. The Morgan fingerprint density at radius 1 is 1.38 bits per heavy atom. The fraction of sp³-hybridized carbons (Fsp3) is 0.375. The predicted octanol–water partition coefficient (Wildman–Crippen LogP) is 0.668. The quantitative estimate of drug-likeness (QED) is 0.880. The lowest BCUT2D eigenvalue weighted by Gasteiger charge is -2.27. The van der Waals surface area contributed by atoms with Crippen LogP contribution in [0.4, 0.5) is 0 Å². The number of aromatic nitrogens is 2. The van der Waals surface area contributed by atoms with Gasteiger partial charge in [-0.3, -0.25) is 9.78 Å². The highest BCUT2D eigenvalue weighted by Crippen LogP contribution is 2.23. The first kappa shape index (κ1) is 16.7.